The van der Waals surface area contributed by atoms with Gasteiger partial charge in [-0.3, -0.25) is 9.59 Å². The fourth-order valence-corrected chi connectivity index (χ4v) is 2.42. The minimum atomic E-state index is -0.617. The van der Waals surface area contributed by atoms with E-state index in [1.165, 1.54) is 17.1 Å². The normalized spacial score (nSPS) is 20.8. The first-order chi connectivity index (χ1) is 10.5. The van der Waals surface area contributed by atoms with Crippen LogP contribution in [-0.4, -0.2) is 35.8 Å². The molecule has 22 heavy (non-hydrogen) atoms. The number of rotatable bonds is 6. The van der Waals surface area contributed by atoms with E-state index in [0.29, 0.717) is 0 Å². The van der Waals surface area contributed by atoms with Gasteiger partial charge in [0.15, 0.2) is 0 Å². The summed E-state index contributed by atoms with van der Waals surface area (Å²) in [5.74, 6) is -1.66. The number of amides is 2. The minimum Gasteiger partial charge on any atom is -0.459 e. The van der Waals surface area contributed by atoms with Crippen molar-refractivity contribution < 1.29 is 19.1 Å². The van der Waals surface area contributed by atoms with Crippen molar-refractivity contribution in [1.82, 2.24) is 4.90 Å². The smallest absolute Gasteiger partial charge is 0.330 e. The van der Waals surface area contributed by atoms with Gasteiger partial charge in [0, 0.05) is 7.05 Å². The number of ether oxygens (including phenoxy) is 1. The predicted molar refractivity (Wildman–Crippen MR) is 79.2 cm³/mol. The van der Waals surface area contributed by atoms with E-state index in [1.807, 2.05) is 30.3 Å². The molecule has 2 amide bonds. The van der Waals surface area contributed by atoms with Crippen LogP contribution in [0.2, 0.25) is 0 Å². The van der Waals surface area contributed by atoms with E-state index in [0.717, 1.165) is 5.56 Å². The molecule has 6 nitrogen and oxygen atoms in total. The van der Waals surface area contributed by atoms with Crippen LogP contribution in [0.15, 0.2) is 42.5 Å². The van der Waals surface area contributed by atoms with Gasteiger partial charge in [-0.1, -0.05) is 36.4 Å². The maximum Gasteiger partial charge on any atom is 0.330 e. The Morgan fingerprint density at radius 1 is 1.32 bits per heavy atom. The molecule has 0 aromatic heterocycles. The summed E-state index contributed by atoms with van der Waals surface area (Å²) in [5, 5.41) is 0. The topological polar surface area (TPSA) is 89.7 Å². The third-order valence-corrected chi connectivity index (χ3v) is 3.60. The summed E-state index contributed by atoms with van der Waals surface area (Å²) in [7, 11) is 1.56. The van der Waals surface area contributed by atoms with Crippen molar-refractivity contribution in [3.8, 4) is 0 Å². The van der Waals surface area contributed by atoms with Gasteiger partial charge in [-0.2, -0.15) is 0 Å². The molecule has 116 valence electrons. The fourth-order valence-electron chi connectivity index (χ4n) is 2.42. The number of β-lactam (4-membered cyclic amide) rings is 1. The molecular formula is C16H18N2O4. The average Bonchev–Trinajstić information content (AvgIpc) is 2.52. The van der Waals surface area contributed by atoms with Crippen LogP contribution in [0.1, 0.15) is 12.0 Å². The Morgan fingerprint density at radius 3 is 2.64 bits per heavy atom. The molecule has 1 fully saturated rings. The molecule has 1 aromatic rings. The summed E-state index contributed by atoms with van der Waals surface area (Å²) in [6.45, 7) is 0.169. The number of likely N-dealkylation sites (N-methyl/N-ethyl adjacent to an activating group) is 1. The van der Waals surface area contributed by atoms with Crippen molar-refractivity contribution in [3.63, 3.8) is 0 Å². The highest BCUT2D eigenvalue weighted by Crippen LogP contribution is 2.29. The van der Waals surface area contributed by atoms with Gasteiger partial charge in [0.05, 0.1) is 5.92 Å². The zero-order valence-corrected chi connectivity index (χ0v) is 12.3. The molecular weight excluding hydrogens is 284 g/mol. The van der Waals surface area contributed by atoms with Gasteiger partial charge in [0.2, 0.25) is 11.8 Å². The van der Waals surface area contributed by atoms with Crippen LogP contribution in [0, 0.1) is 5.92 Å². The molecule has 2 N–H and O–H groups in total. The van der Waals surface area contributed by atoms with Crippen LogP contribution in [-0.2, 0) is 25.7 Å². The van der Waals surface area contributed by atoms with Crippen LogP contribution in [0.25, 0.3) is 0 Å². The highest BCUT2D eigenvalue weighted by Gasteiger charge is 2.49. The molecule has 2 atom stereocenters. The van der Waals surface area contributed by atoms with E-state index in [9.17, 15) is 14.4 Å². The largest absolute Gasteiger partial charge is 0.459 e. The zero-order valence-electron chi connectivity index (χ0n) is 12.3. The second-order valence-electron chi connectivity index (χ2n) is 5.13. The van der Waals surface area contributed by atoms with Gasteiger partial charge in [-0.25, -0.2) is 4.79 Å². The third-order valence-electron chi connectivity index (χ3n) is 3.60. The number of hydrogen-bond acceptors (Lipinski definition) is 4. The molecule has 1 aromatic carbocycles. The molecule has 1 heterocycles. The summed E-state index contributed by atoms with van der Waals surface area (Å²) < 4.78 is 5.26. The van der Waals surface area contributed by atoms with Crippen molar-refractivity contribution in [1.29, 1.82) is 0 Å². The molecule has 0 bridgehead atoms. The van der Waals surface area contributed by atoms with E-state index in [-0.39, 0.29) is 18.9 Å². The van der Waals surface area contributed by atoms with Gasteiger partial charge in [0.25, 0.3) is 0 Å². The molecule has 0 aliphatic carbocycles. The summed E-state index contributed by atoms with van der Waals surface area (Å²) in [6.07, 6.45) is 2.99. The van der Waals surface area contributed by atoms with Crippen molar-refractivity contribution in [3.05, 3.63) is 48.0 Å². The average molecular weight is 302 g/mol. The Kier molecular flexibility index (Phi) is 4.93. The van der Waals surface area contributed by atoms with Gasteiger partial charge < -0.3 is 15.4 Å². The zero-order chi connectivity index (χ0) is 16.1. The number of likely N-dealkylation sites (tertiary alicyclic amines) is 1. The van der Waals surface area contributed by atoms with Crippen LogP contribution in [0.3, 0.4) is 0 Å². The monoisotopic (exact) mass is 302 g/mol. The summed E-state index contributed by atoms with van der Waals surface area (Å²) >= 11 is 0. The predicted octanol–water partition coefficient (Wildman–Crippen LogP) is 0.618. The van der Waals surface area contributed by atoms with Crippen LogP contribution in [0.5, 0.6) is 0 Å². The SMILES string of the molecule is CN1C(=O)C(C/C=C/C(N)=O)C1C(=O)OCc1ccccc1. The number of allylic oxidation sites excluding steroid dienone is 1. The van der Waals surface area contributed by atoms with E-state index < -0.39 is 23.8 Å². The van der Waals surface area contributed by atoms with Gasteiger partial charge in [-0.05, 0) is 18.1 Å². The number of benzene rings is 1. The molecule has 2 unspecified atom stereocenters. The van der Waals surface area contributed by atoms with E-state index in [4.69, 9.17) is 10.5 Å². The molecule has 0 spiro atoms. The highest BCUT2D eigenvalue weighted by molar-refractivity contribution is 5.97. The van der Waals surface area contributed by atoms with Crippen molar-refractivity contribution in [2.45, 2.75) is 19.1 Å². The third kappa shape index (κ3) is 3.52. The van der Waals surface area contributed by atoms with Crippen LogP contribution >= 0.6 is 0 Å². The van der Waals surface area contributed by atoms with Crippen molar-refractivity contribution in [2.24, 2.45) is 11.7 Å². The number of carbonyl (C=O) groups excluding carboxylic acids is 3. The quantitative estimate of drug-likeness (QED) is 0.474. The Hall–Kier alpha value is -2.63. The number of carbonyl (C=O) groups is 3. The lowest BCUT2D eigenvalue weighted by Crippen LogP contribution is -2.62. The van der Waals surface area contributed by atoms with Gasteiger partial charge in [-0.15, -0.1) is 0 Å². The second-order valence-corrected chi connectivity index (χ2v) is 5.13. The first kappa shape index (κ1) is 15.8. The minimum absolute atomic E-state index is 0.143. The number of nitrogens with two attached hydrogens (primary N) is 1. The Balaban J connectivity index is 1.92. The molecule has 6 heteroatoms. The number of nitrogens with zero attached hydrogens (tertiary/aromatic N) is 1. The maximum atomic E-state index is 12.1. The number of hydrogen-bond donors (Lipinski definition) is 1. The van der Waals surface area contributed by atoms with E-state index >= 15 is 0 Å². The second kappa shape index (κ2) is 6.89. The van der Waals surface area contributed by atoms with E-state index in [2.05, 4.69) is 0 Å². The van der Waals surface area contributed by atoms with Crippen LogP contribution < -0.4 is 5.73 Å². The number of primary amides is 1. The highest BCUT2D eigenvalue weighted by atomic mass is 16.5. The first-order valence-electron chi connectivity index (χ1n) is 6.94. The molecule has 1 aliphatic heterocycles. The van der Waals surface area contributed by atoms with Crippen molar-refractivity contribution in [2.75, 3.05) is 7.05 Å². The Labute approximate surface area is 128 Å². The lowest BCUT2D eigenvalue weighted by atomic mass is 9.85. The van der Waals surface area contributed by atoms with E-state index in [1.54, 1.807) is 7.05 Å². The summed E-state index contributed by atoms with van der Waals surface area (Å²) in [5.41, 5.74) is 5.88. The van der Waals surface area contributed by atoms with Gasteiger partial charge in [0.1, 0.15) is 12.6 Å². The molecule has 1 aliphatic rings. The summed E-state index contributed by atoms with van der Waals surface area (Å²) in [6, 6.07) is 8.70. The van der Waals surface area contributed by atoms with Gasteiger partial charge >= 0.3 is 5.97 Å². The molecule has 0 radical (unpaired) electrons. The lowest BCUT2D eigenvalue weighted by Gasteiger charge is -2.42. The first-order valence-corrected chi connectivity index (χ1v) is 6.94. The number of esters is 1. The maximum absolute atomic E-state index is 12.1. The molecule has 1 saturated heterocycles. The van der Waals surface area contributed by atoms with Crippen molar-refractivity contribution >= 4 is 17.8 Å². The van der Waals surface area contributed by atoms with Crippen LogP contribution in [0.4, 0.5) is 0 Å². The summed E-state index contributed by atoms with van der Waals surface area (Å²) in [4.78, 5) is 35.9. The lowest BCUT2D eigenvalue weighted by molar-refractivity contribution is -0.172. The Morgan fingerprint density at radius 2 is 2.00 bits per heavy atom. The Bertz CT molecular complexity index is 597. The fraction of sp³-hybridized carbons (Fsp3) is 0.312. The standard InChI is InChI=1S/C16H18N2O4/c1-18-14(12(15(18)20)8-5-9-13(17)19)16(21)22-10-11-6-3-2-4-7-11/h2-7,9,12,14H,8,10H2,1H3,(H2,17,19)/b9-5+. The molecule has 2 rings (SSSR count). The molecule has 0 saturated carbocycles.